The van der Waals surface area contributed by atoms with Gasteiger partial charge in [0.15, 0.2) is 0 Å². The van der Waals surface area contributed by atoms with E-state index in [4.69, 9.17) is 4.74 Å². The van der Waals surface area contributed by atoms with E-state index in [2.05, 4.69) is 4.98 Å². The van der Waals surface area contributed by atoms with Crippen molar-refractivity contribution in [3.8, 4) is 0 Å². The molecule has 1 aliphatic heterocycles. The summed E-state index contributed by atoms with van der Waals surface area (Å²) in [5, 5.41) is 10.2. The van der Waals surface area contributed by atoms with Crippen LogP contribution in [0.15, 0.2) is 30.3 Å². The van der Waals surface area contributed by atoms with E-state index in [0.717, 1.165) is 10.9 Å². The Labute approximate surface area is 117 Å². The van der Waals surface area contributed by atoms with Crippen LogP contribution >= 0.6 is 0 Å². The molecule has 106 valence electrons. The second-order valence-electron chi connectivity index (χ2n) is 5.23. The van der Waals surface area contributed by atoms with E-state index in [0.29, 0.717) is 18.8 Å². The summed E-state index contributed by atoms with van der Waals surface area (Å²) in [6.07, 6.45) is -0.360. The number of morpholine rings is 1. The van der Waals surface area contributed by atoms with Crippen LogP contribution in [0.1, 0.15) is 17.4 Å². The predicted octanol–water partition coefficient (Wildman–Crippen LogP) is 1.39. The molecule has 1 saturated heterocycles. The van der Waals surface area contributed by atoms with Gasteiger partial charge in [-0.2, -0.15) is 0 Å². The van der Waals surface area contributed by atoms with Gasteiger partial charge in [0.05, 0.1) is 18.8 Å². The number of carbonyl (C=O) groups is 1. The maximum Gasteiger partial charge on any atom is 0.270 e. The van der Waals surface area contributed by atoms with Crippen LogP contribution in [-0.2, 0) is 4.74 Å². The van der Waals surface area contributed by atoms with Gasteiger partial charge in [-0.1, -0.05) is 18.2 Å². The first kappa shape index (κ1) is 13.1. The zero-order chi connectivity index (χ0) is 14.1. The van der Waals surface area contributed by atoms with E-state index in [1.165, 1.54) is 0 Å². The third-order valence-electron chi connectivity index (χ3n) is 3.58. The number of hydrogen-bond acceptors (Lipinski definition) is 3. The Morgan fingerprint density at radius 3 is 3.00 bits per heavy atom. The van der Waals surface area contributed by atoms with Crippen molar-refractivity contribution in [3.63, 3.8) is 0 Å². The highest BCUT2D eigenvalue weighted by atomic mass is 16.5. The van der Waals surface area contributed by atoms with Crippen LogP contribution in [0.3, 0.4) is 0 Å². The van der Waals surface area contributed by atoms with Crippen molar-refractivity contribution < 1.29 is 14.6 Å². The molecule has 5 nitrogen and oxygen atoms in total. The van der Waals surface area contributed by atoms with Gasteiger partial charge in [0.2, 0.25) is 0 Å². The van der Waals surface area contributed by atoms with Gasteiger partial charge in [0, 0.05) is 24.0 Å². The number of nitrogens with one attached hydrogen (secondary N) is 1. The molecule has 2 unspecified atom stereocenters. The zero-order valence-corrected chi connectivity index (χ0v) is 11.4. The fourth-order valence-corrected chi connectivity index (χ4v) is 2.67. The van der Waals surface area contributed by atoms with Crippen molar-refractivity contribution in [2.24, 2.45) is 0 Å². The number of H-pyrrole nitrogens is 1. The zero-order valence-electron chi connectivity index (χ0n) is 11.4. The second-order valence-corrected chi connectivity index (χ2v) is 5.23. The number of aliphatic hydroxyl groups excluding tert-OH is 1. The normalized spacial score (nSPS) is 23.2. The van der Waals surface area contributed by atoms with Gasteiger partial charge in [-0.25, -0.2) is 0 Å². The molecular weight excluding hydrogens is 256 g/mol. The molecule has 2 aromatic rings. The van der Waals surface area contributed by atoms with Gasteiger partial charge in [-0.05, 0) is 19.1 Å². The number of ether oxygens (including phenoxy) is 1. The number of benzene rings is 1. The largest absolute Gasteiger partial charge is 0.394 e. The summed E-state index contributed by atoms with van der Waals surface area (Å²) in [6, 6.07) is 9.67. The lowest BCUT2D eigenvalue weighted by atomic mass is 10.2. The van der Waals surface area contributed by atoms with Gasteiger partial charge < -0.3 is 19.7 Å². The van der Waals surface area contributed by atoms with E-state index in [1.807, 2.05) is 37.3 Å². The van der Waals surface area contributed by atoms with Crippen molar-refractivity contribution in [1.29, 1.82) is 0 Å². The van der Waals surface area contributed by atoms with Gasteiger partial charge in [0.25, 0.3) is 5.91 Å². The highest BCUT2D eigenvalue weighted by Gasteiger charge is 2.29. The number of rotatable bonds is 2. The molecule has 1 amide bonds. The average molecular weight is 274 g/mol. The summed E-state index contributed by atoms with van der Waals surface area (Å²) in [4.78, 5) is 17.4. The molecule has 0 radical (unpaired) electrons. The number of amides is 1. The maximum atomic E-state index is 12.5. The lowest BCUT2D eigenvalue weighted by molar-refractivity contribution is -0.0859. The molecule has 2 atom stereocenters. The van der Waals surface area contributed by atoms with Crippen LogP contribution in [0.4, 0.5) is 0 Å². The minimum atomic E-state index is -0.299. The molecule has 0 bridgehead atoms. The Hall–Kier alpha value is -1.85. The Morgan fingerprint density at radius 1 is 1.45 bits per heavy atom. The summed E-state index contributed by atoms with van der Waals surface area (Å²) in [6.45, 7) is 2.81. The molecule has 1 aromatic carbocycles. The topological polar surface area (TPSA) is 65.6 Å². The molecule has 3 rings (SSSR count). The Morgan fingerprint density at radius 2 is 2.25 bits per heavy atom. The Bertz CT molecular complexity index is 589. The third kappa shape index (κ3) is 2.42. The summed E-state index contributed by atoms with van der Waals surface area (Å²) in [5.41, 5.74) is 1.54. The first-order valence-electron chi connectivity index (χ1n) is 6.80. The quantitative estimate of drug-likeness (QED) is 0.869. The lowest BCUT2D eigenvalue weighted by Crippen LogP contribution is -2.50. The highest BCUT2D eigenvalue weighted by molar-refractivity contribution is 5.98. The first-order valence-corrected chi connectivity index (χ1v) is 6.80. The van der Waals surface area contributed by atoms with Crippen molar-refractivity contribution in [2.45, 2.75) is 19.1 Å². The second kappa shape index (κ2) is 5.26. The van der Waals surface area contributed by atoms with Crippen LogP contribution in [0, 0.1) is 0 Å². The number of para-hydroxylation sites is 1. The monoisotopic (exact) mass is 274 g/mol. The maximum absolute atomic E-state index is 12.5. The van der Waals surface area contributed by atoms with Gasteiger partial charge in [-0.15, -0.1) is 0 Å². The van der Waals surface area contributed by atoms with Crippen LogP contribution in [0.2, 0.25) is 0 Å². The van der Waals surface area contributed by atoms with Gasteiger partial charge >= 0.3 is 0 Å². The molecule has 0 spiro atoms. The minimum Gasteiger partial charge on any atom is -0.394 e. The number of aromatic amines is 1. The summed E-state index contributed by atoms with van der Waals surface area (Å²) < 4.78 is 5.56. The smallest absolute Gasteiger partial charge is 0.270 e. The molecule has 1 fully saturated rings. The summed E-state index contributed by atoms with van der Waals surface area (Å²) in [5.74, 6) is -0.0465. The predicted molar refractivity (Wildman–Crippen MR) is 75.6 cm³/mol. The van der Waals surface area contributed by atoms with Crippen molar-refractivity contribution in [3.05, 3.63) is 36.0 Å². The SMILES string of the molecule is CC1CN(C(=O)c2cc3ccccc3[nH]2)CC(CO)O1. The van der Waals surface area contributed by atoms with Crippen molar-refractivity contribution in [2.75, 3.05) is 19.7 Å². The molecular formula is C15H18N2O3. The number of hydrogen-bond donors (Lipinski definition) is 2. The number of aliphatic hydroxyl groups is 1. The fourth-order valence-electron chi connectivity index (χ4n) is 2.67. The average Bonchev–Trinajstić information content (AvgIpc) is 2.89. The molecule has 0 aliphatic carbocycles. The Kier molecular flexibility index (Phi) is 3.46. The summed E-state index contributed by atoms with van der Waals surface area (Å²) in [7, 11) is 0. The minimum absolute atomic E-state index is 0.0465. The lowest BCUT2D eigenvalue weighted by Gasteiger charge is -2.35. The van der Waals surface area contributed by atoms with E-state index >= 15 is 0 Å². The molecule has 5 heteroatoms. The number of fused-ring (bicyclic) bond motifs is 1. The standard InChI is InChI=1S/C15H18N2O3/c1-10-7-17(8-12(9-18)20-10)15(19)14-6-11-4-2-3-5-13(11)16-14/h2-6,10,12,16,18H,7-9H2,1H3. The number of carbonyl (C=O) groups excluding carboxylic acids is 1. The van der Waals surface area contributed by atoms with E-state index in [9.17, 15) is 9.90 Å². The van der Waals surface area contributed by atoms with Crippen LogP contribution in [0.5, 0.6) is 0 Å². The van der Waals surface area contributed by atoms with Crippen LogP contribution in [0.25, 0.3) is 10.9 Å². The van der Waals surface area contributed by atoms with Gasteiger partial charge in [0.1, 0.15) is 5.69 Å². The third-order valence-corrected chi connectivity index (χ3v) is 3.58. The Balaban J connectivity index is 1.84. The van der Waals surface area contributed by atoms with Gasteiger partial charge in [-0.3, -0.25) is 4.79 Å². The van der Waals surface area contributed by atoms with Crippen molar-refractivity contribution >= 4 is 16.8 Å². The molecule has 20 heavy (non-hydrogen) atoms. The molecule has 2 heterocycles. The fraction of sp³-hybridized carbons (Fsp3) is 0.400. The first-order chi connectivity index (χ1) is 9.67. The molecule has 1 aliphatic rings. The van der Waals surface area contributed by atoms with Crippen LogP contribution in [-0.4, -0.2) is 52.8 Å². The highest BCUT2D eigenvalue weighted by Crippen LogP contribution is 2.18. The molecule has 1 aromatic heterocycles. The molecule has 0 saturated carbocycles. The van der Waals surface area contributed by atoms with Crippen molar-refractivity contribution in [1.82, 2.24) is 9.88 Å². The van der Waals surface area contributed by atoms with E-state index in [-0.39, 0.29) is 24.7 Å². The molecule has 2 N–H and O–H groups in total. The number of nitrogens with zero attached hydrogens (tertiary/aromatic N) is 1. The number of aromatic nitrogens is 1. The van der Waals surface area contributed by atoms with Crippen LogP contribution < -0.4 is 0 Å². The van der Waals surface area contributed by atoms with E-state index in [1.54, 1.807) is 4.90 Å². The van der Waals surface area contributed by atoms with E-state index < -0.39 is 0 Å². The summed E-state index contributed by atoms with van der Waals surface area (Å²) >= 11 is 0.